The molecule has 0 spiro atoms. The van der Waals surface area contributed by atoms with E-state index in [0.717, 1.165) is 30.9 Å². The Hall–Kier alpha value is -2.85. The first-order valence-electron chi connectivity index (χ1n) is 6.87. The van der Waals surface area contributed by atoms with Crippen LogP contribution in [0.1, 0.15) is 30.0 Å². The number of rotatable bonds is 5. The van der Waals surface area contributed by atoms with E-state index in [0.29, 0.717) is 11.1 Å². The standard InChI is InChI=1S/C17H16N4/c1-2-9-21(17-8-7-16(11-19)12-20-17)13-15-5-3-14(10-18)4-6-15/h3-8,12H,2,9,13H2,1H3. The topological polar surface area (TPSA) is 63.7 Å². The van der Waals surface area contributed by atoms with Crippen LogP contribution >= 0.6 is 0 Å². The zero-order chi connectivity index (χ0) is 15.1. The molecule has 0 fully saturated rings. The highest BCUT2D eigenvalue weighted by Gasteiger charge is 2.08. The lowest BCUT2D eigenvalue weighted by atomic mass is 10.1. The van der Waals surface area contributed by atoms with Gasteiger partial charge in [-0.15, -0.1) is 0 Å². The smallest absolute Gasteiger partial charge is 0.128 e. The van der Waals surface area contributed by atoms with E-state index in [9.17, 15) is 0 Å². The van der Waals surface area contributed by atoms with Gasteiger partial charge in [0.25, 0.3) is 0 Å². The molecular formula is C17H16N4. The van der Waals surface area contributed by atoms with Crippen molar-refractivity contribution in [2.24, 2.45) is 0 Å². The molecule has 4 nitrogen and oxygen atoms in total. The van der Waals surface area contributed by atoms with Gasteiger partial charge in [0.1, 0.15) is 11.9 Å². The van der Waals surface area contributed by atoms with E-state index in [1.807, 2.05) is 30.3 Å². The Balaban J connectivity index is 2.17. The van der Waals surface area contributed by atoms with E-state index in [-0.39, 0.29) is 0 Å². The Bertz CT molecular complexity index is 660. The second kappa shape index (κ2) is 7.07. The maximum absolute atomic E-state index is 8.83. The minimum Gasteiger partial charge on any atom is -0.352 e. The summed E-state index contributed by atoms with van der Waals surface area (Å²) in [6, 6.07) is 15.4. The third kappa shape index (κ3) is 3.81. The Labute approximate surface area is 124 Å². The highest BCUT2D eigenvalue weighted by molar-refractivity contribution is 5.43. The average Bonchev–Trinajstić information content (AvgIpc) is 2.55. The third-order valence-corrected chi connectivity index (χ3v) is 3.15. The van der Waals surface area contributed by atoms with Gasteiger partial charge in [0.2, 0.25) is 0 Å². The normalized spacial score (nSPS) is 9.67. The largest absolute Gasteiger partial charge is 0.352 e. The Morgan fingerprint density at radius 3 is 2.19 bits per heavy atom. The van der Waals surface area contributed by atoms with Crippen LogP contribution in [0, 0.1) is 22.7 Å². The molecule has 0 unspecified atom stereocenters. The molecule has 0 radical (unpaired) electrons. The van der Waals surface area contributed by atoms with Crippen LogP contribution in [0.25, 0.3) is 0 Å². The molecule has 0 aliphatic rings. The molecule has 2 aromatic rings. The number of benzene rings is 1. The van der Waals surface area contributed by atoms with Crippen LogP contribution in [-0.2, 0) is 6.54 Å². The molecule has 0 amide bonds. The van der Waals surface area contributed by atoms with Gasteiger partial charge in [0, 0.05) is 19.3 Å². The predicted molar refractivity (Wildman–Crippen MR) is 81.5 cm³/mol. The molecule has 1 aromatic carbocycles. The van der Waals surface area contributed by atoms with Crippen molar-refractivity contribution in [3.8, 4) is 12.1 Å². The average molecular weight is 276 g/mol. The summed E-state index contributed by atoms with van der Waals surface area (Å²) >= 11 is 0. The molecule has 0 saturated carbocycles. The molecule has 0 N–H and O–H groups in total. The fourth-order valence-corrected chi connectivity index (χ4v) is 2.09. The van der Waals surface area contributed by atoms with Crippen molar-refractivity contribution in [2.75, 3.05) is 11.4 Å². The minimum atomic E-state index is 0.563. The van der Waals surface area contributed by atoms with Crippen LogP contribution in [0.2, 0.25) is 0 Å². The highest BCUT2D eigenvalue weighted by Crippen LogP contribution is 2.16. The molecule has 104 valence electrons. The minimum absolute atomic E-state index is 0.563. The molecule has 4 heteroatoms. The monoisotopic (exact) mass is 276 g/mol. The summed E-state index contributed by atoms with van der Waals surface area (Å²) in [5.74, 6) is 0.861. The van der Waals surface area contributed by atoms with Crippen LogP contribution in [0.15, 0.2) is 42.6 Å². The molecule has 1 aromatic heterocycles. The fraction of sp³-hybridized carbons (Fsp3) is 0.235. The first-order valence-corrected chi connectivity index (χ1v) is 6.87. The number of nitriles is 2. The van der Waals surface area contributed by atoms with Gasteiger partial charge in [-0.1, -0.05) is 19.1 Å². The number of nitrogens with zero attached hydrogens (tertiary/aromatic N) is 4. The summed E-state index contributed by atoms with van der Waals surface area (Å²) in [6.45, 7) is 3.74. The number of hydrogen-bond donors (Lipinski definition) is 0. The van der Waals surface area contributed by atoms with Crippen molar-refractivity contribution in [1.29, 1.82) is 10.5 Å². The summed E-state index contributed by atoms with van der Waals surface area (Å²) in [4.78, 5) is 6.52. The zero-order valence-electron chi connectivity index (χ0n) is 12.0. The first-order chi connectivity index (χ1) is 10.3. The van der Waals surface area contributed by atoms with E-state index < -0.39 is 0 Å². The Morgan fingerprint density at radius 2 is 1.67 bits per heavy atom. The first kappa shape index (κ1) is 14.6. The predicted octanol–water partition coefficient (Wildman–Crippen LogP) is 3.24. The van der Waals surface area contributed by atoms with Crippen LogP contribution in [0.5, 0.6) is 0 Å². The van der Waals surface area contributed by atoms with E-state index in [4.69, 9.17) is 10.5 Å². The van der Waals surface area contributed by atoms with Gasteiger partial charge < -0.3 is 4.90 Å². The molecule has 0 saturated heterocycles. The number of pyridine rings is 1. The molecule has 1 heterocycles. The third-order valence-electron chi connectivity index (χ3n) is 3.15. The van der Waals surface area contributed by atoms with E-state index >= 15 is 0 Å². The molecule has 2 rings (SSSR count). The summed E-state index contributed by atoms with van der Waals surface area (Å²) in [5.41, 5.74) is 2.36. The number of aromatic nitrogens is 1. The second-order valence-electron chi connectivity index (χ2n) is 4.75. The van der Waals surface area contributed by atoms with E-state index in [1.54, 1.807) is 12.3 Å². The number of hydrogen-bond acceptors (Lipinski definition) is 4. The van der Waals surface area contributed by atoms with Crippen molar-refractivity contribution in [1.82, 2.24) is 4.98 Å². The Kier molecular flexibility index (Phi) is 4.90. The van der Waals surface area contributed by atoms with Gasteiger partial charge in [-0.3, -0.25) is 0 Å². The summed E-state index contributed by atoms with van der Waals surface area (Å²) < 4.78 is 0. The zero-order valence-corrected chi connectivity index (χ0v) is 12.0. The SMILES string of the molecule is CCCN(Cc1ccc(C#N)cc1)c1ccc(C#N)cn1. The molecule has 0 bridgehead atoms. The van der Waals surface area contributed by atoms with E-state index in [1.165, 1.54) is 0 Å². The fourth-order valence-electron chi connectivity index (χ4n) is 2.09. The van der Waals surface area contributed by atoms with Crippen LogP contribution in [-0.4, -0.2) is 11.5 Å². The molecule has 0 aliphatic carbocycles. The van der Waals surface area contributed by atoms with Gasteiger partial charge in [0.05, 0.1) is 17.2 Å². The van der Waals surface area contributed by atoms with Crippen LogP contribution in [0.3, 0.4) is 0 Å². The summed E-state index contributed by atoms with van der Waals surface area (Å²) in [7, 11) is 0. The molecule has 0 atom stereocenters. The van der Waals surface area contributed by atoms with Crippen molar-refractivity contribution >= 4 is 5.82 Å². The van der Waals surface area contributed by atoms with Crippen LogP contribution < -0.4 is 4.90 Å². The van der Waals surface area contributed by atoms with Gasteiger partial charge in [-0.2, -0.15) is 10.5 Å². The lowest BCUT2D eigenvalue weighted by molar-refractivity contribution is 0.754. The van der Waals surface area contributed by atoms with Crippen molar-refractivity contribution in [3.05, 3.63) is 59.3 Å². The second-order valence-corrected chi connectivity index (χ2v) is 4.75. The molecule has 21 heavy (non-hydrogen) atoms. The maximum atomic E-state index is 8.83. The van der Waals surface area contributed by atoms with Crippen molar-refractivity contribution in [3.63, 3.8) is 0 Å². The van der Waals surface area contributed by atoms with Crippen molar-refractivity contribution < 1.29 is 0 Å². The Morgan fingerprint density at radius 1 is 1.00 bits per heavy atom. The van der Waals surface area contributed by atoms with Gasteiger partial charge in [-0.05, 0) is 36.2 Å². The maximum Gasteiger partial charge on any atom is 0.128 e. The molecule has 0 aliphatic heterocycles. The van der Waals surface area contributed by atoms with Crippen molar-refractivity contribution in [2.45, 2.75) is 19.9 Å². The lowest BCUT2D eigenvalue weighted by Gasteiger charge is -2.23. The lowest BCUT2D eigenvalue weighted by Crippen LogP contribution is -2.24. The summed E-state index contributed by atoms with van der Waals surface area (Å²) in [5, 5.41) is 17.7. The van der Waals surface area contributed by atoms with E-state index in [2.05, 4.69) is 28.9 Å². The van der Waals surface area contributed by atoms with Crippen LogP contribution in [0.4, 0.5) is 5.82 Å². The number of anilines is 1. The highest BCUT2D eigenvalue weighted by atomic mass is 15.2. The quantitative estimate of drug-likeness (QED) is 0.841. The molecular weight excluding hydrogens is 260 g/mol. The van der Waals surface area contributed by atoms with Gasteiger partial charge in [-0.25, -0.2) is 4.98 Å². The summed E-state index contributed by atoms with van der Waals surface area (Å²) in [6.07, 6.45) is 2.61. The van der Waals surface area contributed by atoms with Gasteiger partial charge in [0.15, 0.2) is 0 Å². The van der Waals surface area contributed by atoms with Gasteiger partial charge >= 0.3 is 0 Å².